The minimum absolute atomic E-state index is 0.103. The predicted molar refractivity (Wildman–Crippen MR) is 91.1 cm³/mol. The second-order valence-electron chi connectivity index (χ2n) is 4.64. The maximum atomic E-state index is 10.9. The Morgan fingerprint density at radius 1 is 0.810 bits per heavy atom. The molecule has 0 spiro atoms. The fourth-order valence-corrected chi connectivity index (χ4v) is 1.66. The van der Waals surface area contributed by atoms with Crippen LogP contribution in [-0.2, 0) is 9.53 Å². The summed E-state index contributed by atoms with van der Waals surface area (Å²) < 4.78 is 4.60. The molecule has 0 aromatic carbocycles. The van der Waals surface area contributed by atoms with Crippen molar-refractivity contribution in [2.45, 2.75) is 45.4 Å². The molecule has 0 fully saturated rings. The summed E-state index contributed by atoms with van der Waals surface area (Å²) in [6.45, 7) is 2.00. The Hall–Kier alpha value is -1.83. The van der Waals surface area contributed by atoms with Gasteiger partial charge in [-0.25, -0.2) is 0 Å². The molecular weight excluding hydrogens is 260 g/mol. The van der Waals surface area contributed by atoms with Crippen LogP contribution in [0.15, 0.2) is 60.8 Å². The molecule has 0 rings (SSSR count). The second kappa shape index (κ2) is 16.2. The van der Waals surface area contributed by atoms with E-state index in [2.05, 4.69) is 16.9 Å². The van der Waals surface area contributed by atoms with Gasteiger partial charge in [-0.15, -0.1) is 0 Å². The molecule has 0 amide bonds. The number of esters is 1. The first kappa shape index (κ1) is 19.2. The van der Waals surface area contributed by atoms with Crippen LogP contribution in [0.5, 0.6) is 0 Å². The maximum absolute atomic E-state index is 10.9. The molecule has 2 heteroatoms. The first-order chi connectivity index (χ1) is 10.3. The van der Waals surface area contributed by atoms with Crippen molar-refractivity contribution < 1.29 is 9.53 Å². The van der Waals surface area contributed by atoms with Gasteiger partial charge in [0.1, 0.15) is 0 Å². The van der Waals surface area contributed by atoms with Gasteiger partial charge in [0.05, 0.1) is 7.11 Å². The van der Waals surface area contributed by atoms with Crippen molar-refractivity contribution in [2.75, 3.05) is 7.11 Å². The zero-order chi connectivity index (χ0) is 15.6. The molecule has 0 aliphatic heterocycles. The molecule has 2 nitrogen and oxygen atoms in total. The fraction of sp³-hybridized carbons (Fsp3) is 0.421. The number of hydrogen-bond donors (Lipinski definition) is 0. The van der Waals surface area contributed by atoms with Gasteiger partial charge in [0.2, 0.25) is 0 Å². The first-order valence-electron chi connectivity index (χ1n) is 7.66. The molecule has 0 radical (unpaired) electrons. The summed E-state index contributed by atoms with van der Waals surface area (Å²) in [6, 6.07) is 0. The summed E-state index contributed by atoms with van der Waals surface area (Å²) in [6.07, 6.45) is 26.3. The Kier molecular flexibility index (Phi) is 14.8. The highest BCUT2D eigenvalue weighted by Crippen LogP contribution is 2.06. The molecule has 0 saturated heterocycles. The first-order valence-corrected chi connectivity index (χ1v) is 7.66. The lowest BCUT2D eigenvalue weighted by molar-refractivity contribution is -0.140. The van der Waals surface area contributed by atoms with Crippen molar-refractivity contribution in [3.8, 4) is 0 Å². The van der Waals surface area contributed by atoms with Crippen LogP contribution in [0.3, 0.4) is 0 Å². The third kappa shape index (κ3) is 16.1. The zero-order valence-electron chi connectivity index (χ0n) is 13.3. The zero-order valence-corrected chi connectivity index (χ0v) is 13.3. The van der Waals surface area contributed by atoms with Gasteiger partial charge in [0.15, 0.2) is 0 Å². The van der Waals surface area contributed by atoms with Gasteiger partial charge in [-0.05, 0) is 26.2 Å². The highest BCUT2D eigenvalue weighted by molar-refractivity contribution is 5.68. The van der Waals surface area contributed by atoms with E-state index < -0.39 is 0 Å². The number of carbonyl (C=O) groups is 1. The molecular formula is C19H28O2. The van der Waals surface area contributed by atoms with Crippen LogP contribution in [0.2, 0.25) is 0 Å². The summed E-state index contributed by atoms with van der Waals surface area (Å²) >= 11 is 0. The molecule has 0 aromatic rings. The van der Waals surface area contributed by atoms with E-state index >= 15 is 0 Å². The van der Waals surface area contributed by atoms with Gasteiger partial charge in [-0.3, -0.25) is 4.79 Å². The molecule has 0 heterocycles. The van der Waals surface area contributed by atoms with E-state index in [4.69, 9.17) is 0 Å². The molecule has 0 atom stereocenters. The van der Waals surface area contributed by atoms with Crippen LogP contribution in [0.25, 0.3) is 0 Å². The molecule has 21 heavy (non-hydrogen) atoms. The van der Waals surface area contributed by atoms with Crippen LogP contribution in [0.1, 0.15) is 45.4 Å². The van der Waals surface area contributed by atoms with Crippen molar-refractivity contribution in [3.63, 3.8) is 0 Å². The number of rotatable bonds is 11. The average molecular weight is 288 g/mol. The van der Waals surface area contributed by atoms with Crippen LogP contribution >= 0.6 is 0 Å². The molecule has 0 aliphatic carbocycles. The summed E-state index contributed by atoms with van der Waals surface area (Å²) in [5.74, 6) is -0.103. The summed E-state index contributed by atoms with van der Waals surface area (Å²) in [7, 11) is 1.44. The van der Waals surface area contributed by atoms with E-state index in [1.54, 1.807) is 0 Å². The minimum Gasteiger partial charge on any atom is -0.469 e. The Labute approximate surface area is 129 Å². The SMILES string of the molecule is C/C=C/C=C/C=C/C=C/C=C/CCCCCCC(=O)OC. The number of methoxy groups -OCH3 is 1. The molecule has 0 bridgehead atoms. The number of ether oxygens (including phenoxy) is 1. The average Bonchev–Trinajstić information content (AvgIpc) is 2.50. The highest BCUT2D eigenvalue weighted by atomic mass is 16.5. The Morgan fingerprint density at radius 2 is 1.38 bits per heavy atom. The largest absolute Gasteiger partial charge is 0.469 e. The third-order valence-corrected chi connectivity index (χ3v) is 2.84. The third-order valence-electron chi connectivity index (χ3n) is 2.84. The number of hydrogen-bond acceptors (Lipinski definition) is 2. The number of unbranched alkanes of at least 4 members (excludes halogenated alkanes) is 4. The topological polar surface area (TPSA) is 26.3 Å². The molecule has 0 aliphatic rings. The standard InChI is InChI=1S/C19H28O2/c1-3-4-5-6-7-8-9-10-11-12-13-14-15-16-17-18-19(20)21-2/h3-12H,13-18H2,1-2H3/b4-3+,6-5+,8-7+,10-9+,12-11+. The van der Waals surface area contributed by atoms with Gasteiger partial charge in [0, 0.05) is 6.42 Å². The van der Waals surface area contributed by atoms with Crippen LogP contribution in [0.4, 0.5) is 0 Å². The van der Waals surface area contributed by atoms with E-state index in [1.807, 2.05) is 55.5 Å². The molecule has 116 valence electrons. The van der Waals surface area contributed by atoms with Crippen molar-refractivity contribution in [1.29, 1.82) is 0 Å². The molecule has 0 unspecified atom stereocenters. The van der Waals surface area contributed by atoms with E-state index in [0.717, 1.165) is 19.3 Å². The smallest absolute Gasteiger partial charge is 0.305 e. The van der Waals surface area contributed by atoms with E-state index in [0.29, 0.717) is 6.42 Å². The Morgan fingerprint density at radius 3 is 2.00 bits per heavy atom. The predicted octanol–water partition coefficient (Wildman–Crippen LogP) is 5.30. The van der Waals surface area contributed by atoms with Gasteiger partial charge in [-0.2, -0.15) is 0 Å². The Bertz CT molecular complexity index is 384. The fourth-order valence-electron chi connectivity index (χ4n) is 1.66. The Balaban J connectivity index is 3.45. The molecule has 0 N–H and O–H groups in total. The summed E-state index contributed by atoms with van der Waals surface area (Å²) in [4.78, 5) is 10.9. The van der Waals surface area contributed by atoms with Crippen LogP contribution in [0, 0.1) is 0 Å². The molecule has 0 aromatic heterocycles. The van der Waals surface area contributed by atoms with Gasteiger partial charge < -0.3 is 4.74 Å². The van der Waals surface area contributed by atoms with E-state index in [-0.39, 0.29) is 5.97 Å². The minimum atomic E-state index is -0.103. The van der Waals surface area contributed by atoms with Crippen LogP contribution in [-0.4, -0.2) is 13.1 Å². The lowest BCUT2D eigenvalue weighted by Crippen LogP contribution is -1.98. The van der Waals surface area contributed by atoms with Gasteiger partial charge >= 0.3 is 5.97 Å². The monoisotopic (exact) mass is 288 g/mol. The van der Waals surface area contributed by atoms with Crippen molar-refractivity contribution >= 4 is 5.97 Å². The van der Waals surface area contributed by atoms with Crippen molar-refractivity contribution in [1.82, 2.24) is 0 Å². The summed E-state index contributed by atoms with van der Waals surface area (Å²) in [5.41, 5.74) is 0. The lowest BCUT2D eigenvalue weighted by atomic mass is 10.1. The van der Waals surface area contributed by atoms with E-state index in [1.165, 1.54) is 20.0 Å². The van der Waals surface area contributed by atoms with Gasteiger partial charge in [-0.1, -0.05) is 73.6 Å². The van der Waals surface area contributed by atoms with Crippen molar-refractivity contribution in [2.24, 2.45) is 0 Å². The lowest BCUT2D eigenvalue weighted by Gasteiger charge is -1.98. The molecule has 0 saturated carbocycles. The quantitative estimate of drug-likeness (QED) is 0.293. The van der Waals surface area contributed by atoms with E-state index in [9.17, 15) is 4.79 Å². The number of carbonyl (C=O) groups excluding carboxylic acids is 1. The summed E-state index contributed by atoms with van der Waals surface area (Å²) in [5, 5.41) is 0. The van der Waals surface area contributed by atoms with Gasteiger partial charge in [0.25, 0.3) is 0 Å². The second-order valence-corrected chi connectivity index (χ2v) is 4.64. The van der Waals surface area contributed by atoms with Crippen LogP contribution < -0.4 is 0 Å². The van der Waals surface area contributed by atoms with Crippen molar-refractivity contribution in [3.05, 3.63) is 60.8 Å². The highest BCUT2D eigenvalue weighted by Gasteiger charge is 1.98. The normalized spacial score (nSPS) is 12.7. The maximum Gasteiger partial charge on any atom is 0.305 e. The number of allylic oxidation sites excluding steroid dienone is 10.